The fourth-order valence-electron chi connectivity index (χ4n) is 13.7. The molecule has 18 nitrogen and oxygen atoms in total. The van der Waals surface area contributed by atoms with Gasteiger partial charge in [0.2, 0.25) is 11.8 Å². The van der Waals surface area contributed by atoms with E-state index in [1.54, 1.807) is 0 Å². The van der Waals surface area contributed by atoms with E-state index in [0.717, 1.165) is 154 Å². The van der Waals surface area contributed by atoms with Crippen LogP contribution in [0.4, 0.5) is 0 Å². The Kier molecular flexibility index (Phi) is 91.3. The molecule has 634 valence electrons. The van der Waals surface area contributed by atoms with Crippen molar-refractivity contribution in [2.24, 2.45) is 0 Å². The molecule has 22 heteroatoms. The van der Waals surface area contributed by atoms with Gasteiger partial charge < -0.3 is 67.7 Å². The Morgan fingerprint density at radius 1 is 0.287 bits per heavy atom. The standard InChI is InChI=1S/C86H174N2O16P2.2Na/c1-7-13-19-25-29-33-35-39-41-49-57-65-83(89)87-79(75-97-73-69-81(63-55-47-23-17-11-5)103-85(91)67-59-51-43-37-31-27-21-15-9-3)77-101-105(93,94)99-71-61-53-45-46-54-62-72-100-106(95,96)102-78-80(88-84(90)66-58-50-42-40-36-34-30-26-20-14-8-2)76-98-74-70-82(64-56-48-24-18-12-6)104-86(92)68-60-52-44-38-32-28-22-16-10-4;;/h79-82,85-86,91-92H,7-78H2,1-6H3,(H,87,89)(H,88,90)(H,93,94)(H,95,96);;/q;2*+1/p-2. The van der Waals surface area contributed by atoms with Gasteiger partial charge in [-0.1, -0.05) is 363 Å². The van der Waals surface area contributed by atoms with Crippen LogP contribution in [0.15, 0.2) is 0 Å². The Morgan fingerprint density at radius 3 is 0.769 bits per heavy atom. The fourth-order valence-corrected chi connectivity index (χ4v) is 15.3. The number of hydrogen-bond donors (Lipinski definition) is 4. The van der Waals surface area contributed by atoms with Crippen molar-refractivity contribution in [1.82, 2.24) is 10.6 Å². The van der Waals surface area contributed by atoms with E-state index in [1.165, 1.54) is 193 Å². The van der Waals surface area contributed by atoms with Crippen molar-refractivity contribution in [1.29, 1.82) is 0 Å². The molecule has 0 aliphatic carbocycles. The molecule has 0 spiro atoms. The first kappa shape index (κ1) is 113. The third-order valence-corrected chi connectivity index (χ3v) is 22.5. The Hall–Kier alpha value is 0.920. The molecule has 8 atom stereocenters. The first-order valence-electron chi connectivity index (χ1n) is 45.2. The molecule has 0 saturated heterocycles. The van der Waals surface area contributed by atoms with E-state index >= 15 is 0 Å². The number of ether oxygens (including phenoxy) is 4. The minimum absolute atomic E-state index is 0. The summed E-state index contributed by atoms with van der Waals surface area (Å²) in [5, 5.41) is 27.8. The molecule has 0 aromatic carbocycles. The summed E-state index contributed by atoms with van der Waals surface area (Å²) in [5.41, 5.74) is 0. The van der Waals surface area contributed by atoms with Crippen LogP contribution >= 0.6 is 15.6 Å². The van der Waals surface area contributed by atoms with Gasteiger partial charge in [0.15, 0.2) is 12.6 Å². The fraction of sp³-hybridized carbons (Fsp3) is 0.977. The number of phosphoric ester groups is 2. The van der Waals surface area contributed by atoms with E-state index < -0.39 is 40.3 Å². The van der Waals surface area contributed by atoms with Gasteiger partial charge in [-0.15, -0.1) is 0 Å². The van der Waals surface area contributed by atoms with Gasteiger partial charge in [-0.3, -0.25) is 18.7 Å². The van der Waals surface area contributed by atoms with Crippen LogP contribution in [0, 0.1) is 0 Å². The number of phosphoric acid groups is 2. The van der Waals surface area contributed by atoms with Gasteiger partial charge in [-0.2, -0.15) is 0 Å². The zero-order valence-electron chi connectivity index (χ0n) is 71.9. The SMILES string of the molecule is CCCCCCCCCCCCCC(=O)NC(COCCC(CCCCCCC)OC(O)CCCCCCCCCCC)COP(=O)([O-])OCCCCCCCCOP(=O)([O-])OCC(COCCC(CCCCCCC)OC(O)CCCCCCCCCCC)NC(=O)CCCCCCCCCCCCC.[Na+].[Na+]. The average molecular weight is 1600 g/mol. The second kappa shape index (κ2) is 87.2. The van der Waals surface area contributed by atoms with Gasteiger partial charge in [0.1, 0.15) is 0 Å². The maximum atomic E-state index is 13.3. The summed E-state index contributed by atoms with van der Waals surface area (Å²) in [6.07, 6.45) is 65.1. The molecule has 0 saturated carbocycles. The van der Waals surface area contributed by atoms with Crippen molar-refractivity contribution in [3.63, 3.8) is 0 Å². The molecule has 0 aromatic rings. The quantitative estimate of drug-likeness (QED) is 0.0191. The molecule has 2 amide bonds. The summed E-state index contributed by atoms with van der Waals surface area (Å²) in [5.74, 6) is -0.355. The Bertz CT molecular complexity index is 1810. The third-order valence-electron chi connectivity index (χ3n) is 20.5. The van der Waals surface area contributed by atoms with Crippen molar-refractivity contribution >= 4 is 27.5 Å². The van der Waals surface area contributed by atoms with Crippen LogP contribution in [-0.2, 0) is 55.8 Å². The molecule has 0 radical (unpaired) electrons. The number of carbonyl (C=O) groups is 2. The van der Waals surface area contributed by atoms with Crippen LogP contribution in [0.1, 0.15) is 452 Å². The number of aliphatic hydroxyl groups excluding tert-OH is 2. The van der Waals surface area contributed by atoms with Gasteiger partial charge >= 0.3 is 59.1 Å². The predicted octanol–water partition coefficient (Wildman–Crippen LogP) is 17.5. The molecule has 0 bridgehead atoms. The number of carbonyl (C=O) groups excluding carboxylic acids is 2. The van der Waals surface area contributed by atoms with Gasteiger partial charge in [0, 0.05) is 26.1 Å². The van der Waals surface area contributed by atoms with Crippen LogP contribution in [-0.4, -0.2) is 112 Å². The van der Waals surface area contributed by atoms with Crippen molar-refractivity contribution < 1.29 is 135 Å². The van der Waals surface area contributed by atoms with Gasteiger partial charge in [0.05, 0.1) is 63.9 Å². The molecular formula is C86H172N2Na2O16P2. The molecule has 0 heterocycles. The zero-order valence-corrected chi connectivity index (χ0v) is 77.7. The van der Waals surface area contributed by atoms with Gasteiger partial charge in [-0.05, 0) is 77.0 Å². The minimum Gasteiger partial charge on any atom is -0.756 e. The second-order valence-corrected chi connectivity index (χ2v) is 34.0. The van der Waals surface area contributed by atoms with E-state index in [0.29, 0.717) is 77.4 Å². The normalized spacial score (nSPS) is 14.5. The molecule has 0 aromatic heterocycles. The van der Waals surface area contributed by atoms with Gasteiger partial charge in [0.25, 0.3) is 15.6 Å². The van der Waals surface area contributed by atoms with Crippen LogP contribution < -0.4 is 79.5 Å². The molecule has 0 aliphatic rings. The number of amides is 2. The number of nitrogens with one attached hydrogen (secondary N) is 2. The predicted molar refractivity (Wildman–Crippen MR) is 436 cm³/mol. The van der Waals surface area contributed by atoms with E-state index in [-0.39, 0.29) is 123 Å². The van der Waals surface area contributed by atoms with Crippen molar-refractivity contribution in [3.8, 4) is 0 Å². The largest absolute Gasteiger partial charge is 1.00 e. The smallest absolute Gasteiger partial charge is 0.756 e. The van der Waals surface area contributed by atoms with Crippen LogP contribution in [0.3, 0.4) is 0 Å². The summed E-state index contributed by atoms with van der Waals surface area (Å²) < 4.78 is 72.3. The second-order valence-electron chi connectivity index (χ2n) is 31.2. The number of unbranched alkanes of at least 4 members (excludes halogenated alkanes) is 49. The van der Waals surface area contributed by atoms with Gasteiger partial charge in [-0.25, -0.2) is 0 Å². The van der Waals surface area contributed by atoms with Crippen molar-refractivity contribution in [2.75, 3.05) is 52.9 Å². The minimum atomic E-state index is -4.73. The molecule has 0 aliphatic heterocycles. The summed E-state index contributed by atoms with van der Waals surface area (Å²) >= 11 is 0. The molecule has 0 fully saturated rings. The van der Waals surface area contributed by atoms with Crippen molar-refractivity contribution in [2.45, 2.75) is 489 Å². The first-order valence-corrected chi connectivity index (χ1v) is 48.2. The van der Waals surface area contributed by atoms with Crippen LogP contribution in [0.5, 0.6) is 0 Å². The maximum Gasteiger partial charge on any atom is 1.00 e. The number of aliphatic hydroxyl groups is 2. The van der Waals surface area contributed by atoms with Crippen molar-refractivity contribution in [3.05, 3.63) is 0 Å². The summed E-state index contributed by atoms with van der Waals surface area (Å²) in [6, 6.07) is -1.46. The number of hydrogen-bond acceptors (Lipinski definition) is 16. The summed E-state index contributed by atoms with van der Waals surface area (Å²) in [4.78, 5) is 52.8. The Labute approximate surface area is 709 Å². The monoisotopic (exact) mass is 1600 g/mol. The van der Waals surface area contributed by atoms with Crippen LogP contribution in [0.25, 0.3) is 0 Å². The Balaban J connectivity index is -0.0000551. The van der Waals surface area contributed by atoms with E-state index in [1.807, 2.05) is 0 Å². The van der Waals surface area contributed by atoms with E-state index in [9.17, 15) is 38.7 Å². The van der Waals surface area contributed by atoms with E-state index in [4.69, 9.17) is 37.0 Å². The first-order chi connectivity index (χ1) is 51.6. The zero-order chi connectivity index (χ0) is 77.6. The molecule has 0 rings (SSSR count). The summed E-state index contributed by atoms with van der Waals surface area (Å²) in [6.45, 7) is 13.2. The molecule has 8 unspecified atom stereocenters. The molecule has 108 heavy (non-hydrogen) atoms. The molecule has 4 N–H and O–H groups in total. The topological polar surface area (TPSA) is 253 Å². The maximum absolute atomic E-state index is 13.3. The molecular weight excluding hydrogens is 1420 g/mol. The Morgan fingerprint density at radius 2 is 0.509 bits per heavy atom. The summed E-state index contributed by atoms with van der Waals surface area (Å²) in [7, 11) is -9.46. The average Bonchev–Trinajstić information content (AvgIpc) is 0.912. The third kappa shape index (κ3) is 83.4. The van der Waals surface area contributed by atoms with E-state index in [2.05, 4.69) is 52.2 Å². The number of rotatable bonds is 89. The van der Waals surface area contributed by atoms with Crippen LogP contribution in [0.2, 0.25) is 0 Å².